The molecule has 22 heavy (non-hydrogen) atoms. The molecule has 0 unspecified atom stereocenters. The topological polar surface area (TPSA) is 52.7 Å². The summed E-state index contributed by atoms with van der Waals surface area (Å²) in [5.41, 5.74) is 0. The van der Waals surface area contributed by atoms with Crippen LogP contribution in [-0.4, -0.2) is 60.9 Å². The smallest absolute Gasteiger partial charge is 0.236 e. The van der Waals surface area contributed by atoms with Gasteiger partial charge in [0.25, 0.3) is 0 Å². The molecule has 0 spiro atoms. The molecule has 0 radical (unpaired) electrons. The fourth-order valence-corrected chi connectivity index (χ4v) is 3.30. The molecule has 5 nitrogen and oxygen atoms in total. The van der Waals surface area contributed by atoms with Gasteiger partial charge in [0.05, 0.1) is 6.54 Å². The molecular weight excluding hydrogens is 278 g/mol. The van der Waals surface area contributed by atoms with Crippen LogP contribution in [0.2, 0.25) is 0 Å². The van der Waals surface area contributed by atoms with Crippen molar-refractivity contribution in [2.45, 2.75) is 46.0 Å². The van der Waals surface area contributed by atoms with E-state index >= 15 is 0 Å². The minimum atomic E-state index is 0.133. The zero-order valence-electron chi connectivity index (χ0n) is 14.1. The Morgan fingerprint density at radius 2 is 1.68 bits per heavy atom. The van der Waals surface area contributed by atoms with Gasteiger partial charge in [-0.3, -0.25) is 14.5 Å². The lowest BCUT2D eigenvalue weighted by atomic mass is 9.95. The highest BCUT2D eigenvalue weighted by Crippen LogP contribution is 2.19. The SMILES string of the molecule is CCCNC(=O)C1CCN(CC(=O)N2CCC(C)CC2)CC1. The average molecular weight is 309 g/mol. The molecule has 126 valence electrons. The van der Waals surface area contributed by atoms with Gasteiger partial charge in [0, 0.05) is 25.6 Å². The van der Waals surface area contributed by atoms with E-state index in [-0.39, 0.29) is 17.7 Å². The molecule has 2 aliphatic rings. The van der Waals surface area contributed by atoms with Crippen LogP contribution < -0.4 is 5.32 Å². The second kappa shape index (κ2) is 8.51. The maximum Gasteiger partial charge on any atom is 0.236 e. The summed E-state index contributed by atoms with van der Waals surface area (Å²) in [6, 6.07) is 0. The van der Waals surface area contributed by atoms with Crippen molar-refractivity contribution in [2.24, 2.45) is 11.8 Å². The second-order valence-electron chi connectivity index (χ2n) is 6.90. The number of carbonyl (C=O) groups excluding carboxylic acids is 2. The maximum atomic E-state index is 12.3. The number of nitrogens with one attached hydrogen (secondary N) is 1. The van der Waals surface area contributed by atoms with Crippen LogP contribution in [0.3, 0.4) is 0 Å². The van der Waals surface area contributed by atoms with Gasteiger partial charge in [-0.15, -0.1) is 0 Å². The molecule has 0 atom stereocenters. The monoisotopic (exact) mass is 309 g/mol. The molecule has 1 N–H and O–H groups in total. The van der Waals surface area contributed by atoms with Crippen molar-refractivity contribution < 1.29 is 9.59 Å². The van der Waals surface area contributed by atoms with E-state index in [1.165, 1.54) is 0 Å². The quantitative estimate of drug-likeness (QED) is 0.837. The Bertz CT molecular complexity index is 370. The number of hydrogen-bond acceptors (Lipinski definition) is 3. The first-order valence-electron chi connectivity index (χ1n) is 8.88. The summed E-state index contributed by atoms with van der Waals surface area (Å²) in [5, 5.41) is 2.98. The molecule has 0 bridgehead atoms. The number of rotatable bonds is 5. The van der Waals surface area contributed by atoms with Crippen LogP contribution in [0.25, 0.3) is 0 Å². The maximum absolute atomic E-state index is 12.3. The molecular formula is C17H31N3O2. The summed E-state index contributed by atoms with van der Waals surface area (Å²) in [4.78, 5) is 28.5. The molecule has 2 amide bonds. The summed E-state index contributed by atoms with van der Waals surface area (Å²) in [7, 11) is 0. The van der Waals surface area contributed by atoms with Gasteiger partial charge in [0.1, 0.15) is 0 Å². The third kappa shape index (κ3) is 4.97. The standard InChI is InChI=1S/C17H31N3O2/c1-3-8-18-17(22)15-6-9-19(10-7-15)13-16(21)20-11-4-14(2)5-12-20/h14-15H,3-13H2,1-2H3,(H,18,22). The molecule has 0 aliphatic carbocycles. The average Bonchev–Trinajstić information content (AvgIpc) is 2.54. The van der Waals surface area contributed by atoms with E-state index < -0.39 is 0 Å². The Balaban J connectivity index is 1.68. The number of piperidine rings is 2. The molecule has 2 saturated heterocycles. The van der Waals surface area contributed by atoms with Crippen LogP contribution in [0.5, 0.6) is 0 Å². The Kier molecular flexibility index (Phi) is 6.68. The molecule has 2 aliphatic heterocycles. The Morgan fingerprint density at radius 1 is 1.05 bits per heavy atom. The largest absolute Gasteiger partial charge is 0.356 e. The first-order chi connectivity index (χ1) is 10.6. The molecule has 0 aromatic carbocycles. The van der Waals surface area contributed by atoms with Crippen molar-refractivity contribution in [1.82, 2.24) is 15.1 Å². The van der Waals surface area contributed by atoms with E-state index in [1.54, 1.807) is 0 Å². The van der Waals surface area contributed by atoms with Crippen molar-refractivity contribution >= 4 is 11.8 Å². The summed E-state index contributed by atoms with van der Waals surface area (Å²) in [5.74, 6) is 1.34. The van der Waals surface area contributed by atoms with Gasteiger partial charge in [0.2, 0.25) is 11.8 Å². The van der Waals surface area contributed by atoms with Crippen molar-refractivity contribution in [2.75, 3.05) is 39.3 Å². The third-order valence-electron chi connectivity index (χ3n) is 5.00. The molecule has 2 fully saturated rings. The number of likely N-dealkylation sites (tertiary alicyclic amines) is 2. The van der Waals surface area contributed by atoms with Crippen LogP contribution >= 0.6 is 0 Å². The lowest BCUT2D eigenvalue weighted by molar-refractivity contribution is -0.134. The second-order valence-corrected chi connectivity index (χ2v) is 6.90. The van der Waals surface area contributed by atoms with Crippen LogP contribution in [0.4, 0.5) is 0 Å². The van der Waals surface area contributed by atoms with Crippen molar-refractivity contribution in [3.63, 3.8) is 0 Å². The minimum Gasteiger partial charge on any atom is -0.356 e. The number of amides is 2. The molecule has 0 aromatic heterocycles. The van der Waals surface area contributed by atoms with Crippen molar-refractivity contribution in [3.8, 4) is 0 Å². The van der Waals surface area contributed by atoms with Gasteiger partial charge in [-0.2, -0.15) is 0 Å². The van der Waals surface area contributed by atoms with E-state index in [2.05, 4.69) is 24.1 Å². The first kappa shape index (κ1) is 17.3. The lowest BCUT2D eigenvalue weighted by Gasteiger charge is -2.34. The van der Waals surface area contributed by atoms with Gasteiger partial charge in [0.15, 0.2) is 0 Å². The predicted octanol–water partition coefficient (Wildman–Crippen LogP) is 1.48. The van der Waals surface area contributed by atoms with Crippen molar-refractivity contribution in [1.29, 1.82) is 0 Å². The van der Waals surface area contributed by atoms with Crippen LogP contribution in [0.15, 0.2) is 0 Å². The highest BCUT2D eigenvalue weighted by atomic mass is 16.2. The number of hydrogen-bond donors (Lipinski definition) is 1. The van der Waals surface area contributed by atoms with Gasteiger partial charge in [-0.05, 0) is 51.1 Å². The predicted molar refractivity (Wildman–Crippen MR) is 87.4 cm³/mol. The van der Waals surface area contributed by atoms with Crippen LogP contribution in [0.1, 0.15) is 46.0 Å². The Labute approximate surface area is 134 Å². The fourth-order valence-electron chi connectivity index (χ4n) is 3.30. The molecule has 0 aromatic rings. The number of carbonyl (C=O) groups is 2. The van der Waals surface area contributed by atoms with E-state index in [0.717, 1.165) is 70.7 Å². The van der Waals surface area contributed by atoms with Crippen LogP contribution in [0, 0.1) is 11.8 Å². The Hall–Kier alpha value is -1.10. The van der Waals surface area contributed by atoms with E-state index in [1.807, 2.05) is 4.90 Å². The number of nitrogens with zero attached hydrogens (tertiary/aromatic N) is 2. The normalized spacial score (nSPS) is 21.8. The minimum absolute atomic E-state index is 0.133. The fraction of sp³-hybridized carbons (Fsp3) is 0.882. The van der Waals surface area contributed by atoms with Crippen molar-refractivity contribution in [3.05, 3.63) is 0 Å². The van der Waals surface area contributed by atoms with E-state index in [0.29, 0.717) is 6.54 Å². The zero-order chi connectivity index (χ0) is 15.9. The lowest BCUT2D eigenvalue weighted by Crippen LogP contribution is -2.47. The summed E-state index contributed by atoms with van der Waals surface area (Å²) >= 11 is 0. The molecule has 2 heterocycles. The molecule has 5 heteroatoms. The van der Waals surface area contributed by atoms with Gasteiger partial charge >= 0.3 is 0 Å². The van der Waals surface area contributed by atoms with E-state index in [4.69, 9.17) is 0 Å². The van der Waals surface area contributed by atoms with E-state index in [9.17, 15) is 9.59 Å². The zero-order valence-corrected chi connectivity index (χ0v) is 14.1. The highest BCUT2D eigenvalue weighted by molar-refractivity contribution is 5.79. The van der Waals surface area contributed by atoms with Gasteiger partial charge in [-0.25, -0.2) is 0 Å². The van der Waals surface area contributed by atoms with Gasteiger partial charge < -0.3 is 10.2 Å². The highest BCUT2D eigenvalue weighted by Gasteiger charge is 2.27. The summed E-state index contributed by atoms with van der Waals surface area (Å²) in [6.07, 6.45) is 4.99. The first-order valence-corrected chi connectivity index (χ1v) is 8.88. The third-order valence-corrected chi connectivity index (χ3v) is 5.00. The molecule has 2 rings (SSSR count). The Morgan fingerprint density at radius 3 is 2.27 bits per heavy atom. The summed E-state index contributed by atoms with van der Waals surface area (Å²) in [6.45, 7) is 9.17. The molecule has 0 saturated carbocycles. The van der Waals surface area contributed by atoms with Crippen LogP contribution in [-0.2, 0) is 9.59 Å². The van der Waals surface area contributed by atoms with Gasteiger partial charge in [-0.1, -0.05) is 13.8 Å². The summed E-state index contributed by atoms with van der Waals surface area (Å²) < 4.78 is 0.